The quantitative estimate of drug-likeness (QED) is 0.362. The van der Waals surface area contributed by atoms with E-state index in [1.54, 1.807) is 18.2 Å². The zero-order valence-electron chi connectivity index (χ0n) is 20.3. The third kappa shape index (κ3) is 5.67. The smallest absolute Gasteiger partial charge is 0.434 e. The van der Waals surface area contributed by atoms with Gasteiger partial charge in [0, 0.05) is 15.6 Å². The number of halogens is 5. The van der Waals surface area contributed by atoms with E-state index in [1.165, 1.54) is 37.3 Å². The average molecular weight is 585 g/mol. The second-order valence-electron chi connectivity index (χ2n) is 8.46. The molecule has 38 heavy (non-hydrogen) atoms. The molecule has 0 amide bonds. The number of alkyl halides is 3. The minimum atomic E-state index is -4.99. The van der Waals surface area contributed by atoms with E-state index in [-0.39, 0.29) is 27.6 Å². The van der Waals surface area contributed by atoms with Crippen LogP contribution in [-0.4, -0.2) is 29.4 Å². The van der Waals surface area contributed by atoms with Gasteiger partial charge in [-0.15, -0.1) is 0 Å². The lowest BCUT2D eigenvalue weighted by molar-refractivity contribution is -0.140. The molecule has 4 rings (SSSR count). The van der Waals surface area contributed by atoms with Gasteiger partial charge in [0.2, 0.25) is 0 Å². The van der Waals surface area contributed by atoms with E-state index in [4.69, 9.17) is 32.7 Å². The van der Waals surface area contributed by atoms with Crippen molar-refractivity contribution in [1.29, 1.82) is 0 Å². The van der Waals surface area contributed by atoms with Crippen molar-refractivity contribution in [3.8, 4) is 5.75 Å². The molecule has 0 spiro atoms. The van der Waals surface area contributed by atoms with Crippen molar-refractivity contribution >= 4 is 46.6 Å². The number of fused-ring (bicyclic) bond motifs is 1. The SMILES string of the molecule is CCOC(=O)C1=C(C(F)(F)F)N=c2s/c(=C\c3cc(Cl)ccc3OC(C)C)c(=O)n2[C@@H]1c1ccc(Cl)cc1. The first kappa shape index (κ1) is 27.9. The monoisotopic (exact) mass is 584 g/mol. The maximum atomic E-state index is 14.2. The van der Waals surface area contributed by atoms with Crippen LogP contribution in [0.1, 0.15) is 37.9 Å². The van der Waals surface area contributed by atoms with Crippen molar-refractivity contribution in [3.63, 3.8) is 0 Å². The number of allylic oxidation sites excluding steroid dienone is 1. The number of benzene rings is 2. The first-order valence-electron chi connectivity index (χ1n) is 11.4. The molecule has 0 fully saturated rings. The maximum absolute atomic E-state index is 14.2. The number of hydrogen-bond acceptors (Lipinski definition) is 6. The van der Waals surface area contributed by atoms with Crippen LogP contribution in [0.4, 0.5) is 13.2 Å². The van der Waals surface area contributed by atoms with Gasteiger partial charge in [0.05, 0.1) is 28.9 Å². The Balaban J connectivity index is 2.04. The molecule has 0 bridgehead atoms. The van der Waals surface area contributed by atoms with Crippen molar-refractivity contribution in [1.82, 2.24) is 4.57 Å². The number of hydrogen-bond donors (Lipinski definition) is 0. The Morgan fingerprint density at radius 3 is 2.42 bits per heavy atom. The van der Waals surface area contributed by atoms with Crippen LogP contribution in [0, 0.1) is 0 Å². The largest absolute Gasteiger partial charge is 0.490 e. The summed E-state index contributed by atoms with van der Waals surface area (Å²) >= 11 is 12.9. The molecule has 0 radical (unpaired) electrons. The summed E-state index contributed by atoms with van der Waals surface area (Å²) in [4.78, 5) is 30.1. The second kappa shape index (κ2) is 11.0. The fourth-order valence-corrected chi connectivity index (χ4v) is 5.23. The number of carbonyl (C=O) groups excluding carboxylic acids is 1. The van der Waals surface area contributed by atoms with Gasteiger partial charge in [0.1, 0.15) is 5.75 Å². The van der Waals surface area contributed by atoms with E-state index in [0.29, 0.717) is 21.4 Å². The predicted octanol–water partition coefficient (Wildman–Crippen LogP) is 5.43. The van der Waals surface area contributed by atoms with Gasteiger partial charge >= 0.3 is 12.1 Å². The van der Waals surface area contributed by atoms with Crippen LogP contribution in [0.3, 0.4) is 0 Å². The predicted molar refractivity (Wildman–Crippen MR) is 139 cm³/mol. The molecule has 1 atom stereocenters. The number of aromatic nitrogens is 1. The van der Waals surface area contributed by atoms with E-state index in [1.807, 2.05) is 13.8 Å². The standard InChI is InChI=1S/C26H21Cl2F3N2O4S/c1-4-36-24(35)20-21(14-5-7-16(27)8-6-14)33-23(34)19(38-25(33)32-22(20)26(29,30)31)12-15-11-17(28)9-10-18(15)37-13(2)3/h5-13,21H,4H2,1-3H3/b19-12-/t21-/m1/s1. The van der Waals surface area contributed by atoms with Gasteiger partial charge in [-0.1, -0.05) is 46.7 Å². The number of nitrogens with zero attached hydrogens (tertiary/aromatic N) is 2. The van der Waals surface area contributed by atoms with Crippen LogP contribution < -0.4 is 19.6 Å². The van der Waals surface area contributed by atoms with Gasteiger partial charge in [0.25, 0.3) is 5.56 Å². The van der Waals surface area contributed by atoms with Crippen LogP contribution in [0.15, 0.2) is 63.5 Å². The minimum Gasteiger partial charge on any atom is -0.490 e. The summed E-state index contributed by atoms with van der Waals surface area (Å²) in [6.45, 7) is 4.96. The highest BCUT2D eigenvalue weighted by Gasteiger charge is 2.45. The number of rotatable bonds is 6. The van der Waals surface area contributed by atoms with E-state index >= 15 is 0 Å². The molecule has 1 aliphatic rings. The molecule has 0 aliphatic carbocycles. The topological polar surface area (TPSA) is 69.9 Å². The summed E-state index contributed by atoms with van der Waals surface area (Å²) in [5, 5.41) is 0.709. The van der Waals surface area contributed by atoms with Crippen molar-refractivity contribution in [2.75, 3.05) is 6.61 Å². The molecule has 12 heteroatoms. The fraction of sp³-hybridized carbons (Fsp3) is 0.269. The van der Waals surface area contributed by atoms with Crippen molar-refractivity contribution in [2.45, 2.75) is 39.1 Å². The van der Waals surface area contributed by atoms with Crippen LogP contribution >= 0.6 is 34.5 Å². The summed E-state index contributed by atoms with van der Waals surface area (Å²) < 4.78 is 54.5. The van der Waals surface area contributed by atoms with Crippen molar-refractivity contribution < 1.29 is 27.4 Å². The summed E-state index contributed by atoms with van der Waals surface area (Å²) in [6, 6.07) is 9.23. The molecule has 2 aromatic carbocycles. The highest BCUT2D eigenvalue weighted by molar-refractivity contribution is 7.07. The van der Waals surface area contributed by atoms with E-state index in [0.717, 1.165) is 15.9 Å². The van der Waals surface area contributed by atoms with Crippen LogP contribution in [0.5, 0.6) is 5.75 Å². The highest BCUT2D eigenvalue weighted by atomic mass is 35.5. The molecule has 0 N–H and O–H groups in total. The molecule has 1 aromatic heterocycles. The molecule has 1 aliphatic heterocycles. The van der Waals surface area contributed by atoms with Gasteiger partial charge in [-0.05, 0) is 62.7 Å². The van der Waals surface area contributed by atoms with Gasteiger partial charge in [-0.2, -0.15) is 13.2 Å². The summed E-state index contributed by atoms with van der Waals surface area (Å²) in [7, 11) is 0. The lowest BCUT2D eigenvalue weighted by Crippen LogP contribution is -2.41. The lowest BCUT2D eigenvalue weighted by Gasteiger charge is -2.26. The molecular weight excluding hydrogens is 564 g/mol. The van der Waals surface area contributed by atoms with E-state index < -0.39 is 35.0 Å². The van der Waals surface area contributed by atoms with Gasteiger partial charge in [-0.3, -0.25) is 9.36 Å². The molecule has 6 nitrogen and oxygen atoms in total. The van der Waals surface area contributed by atoms with Crippen LogP contribution in [0.2, 0.25) is 10.0 Å². The molecule has 0 unspecified atom stereocenters. The fourth-order valence-electron chi connectivity index (χ4n) is 3.94. The first-order valence-corrected chi connectivity index (χ1v) is 13.0. The molecule has 0 saturated carbocycles. The normalized spacial score (nSPS) is 15.9. The Labute approximate surface area is 229 Å². The summed E-state index contributed by atoms with van der Waals surface area (Å²) in [5.41, 5.74) is -2.16. The van der Waals surface area contributed by atoms with Gasteiger partial charge < -0.3 is 9.47 Å². The van der Waals surface area contributed by atoms with Crippen molar-refractivity contribution in [2.24, 2.45) is 4.99 Å². The number of esters is 1. The molecule has 0 saturated heterocycles. The Morgan fingerprint density at radius 1 is 1.16 bits per heavy atom. The lowest BCUT2D eigenvalue weighted by atomic mass is 9.95. The maximum Gasteiger partial charge on any atom is 0.434 e. The van der Waals surface area contributed by atoms with Gasteiger partial charge in [-0.25, -0.2) is 9.79 Å². The Kier molecular flexibility index (Phi) is 8.06. The zero-order valence-corrected chi connectivity index (χ0v) is 22.6. The summed E-state index contributed by atoms with van der Waals surface area (Å²) in [6.07, 6.45) is -3.70. The third-order valence-electron chi connectivity index (χ3n) is 5.40. The summed E-state index contributed by atoms with van der Waals surface area (Å²) in [5.74, 6) is -0.784. The molecule has 3 aromatic rings. The highest BCUT2D eigenvalue weighted by Crippen LogP contribution is 2.38. The number of carbonyl (C=O) groups is 1. The number of ether oxygens (including phenoxy) is 2. The Bertz CT molecular complexity index is 1590. The third-order valence-corrected chi connectivity index (χ3v) is 6.87. The Hall–Kier alpha value is -3.08. The van der Waals surface area contributed by atoms with E-state index in [9.17, 15) is 22.8 Å². The van der Waals surface area contributed by atoms with Crippen LogP contribution in [0.25, 0.3) is 6.08 Å². The van der Waals surface area contributed by atoms with Crippen molar-refractivity contribution in [3.05, 3.63) is 94.6 Å². The van der Waals surface area contributed by atoms with Crippen LogP contribution in [-0.2, 0) is 9.53 Å². The molecule has 200 valence electrons. The number of thiazole rings is 1. The van der Waals surface area contributed by atoms with Gasteiger partial charge in [0.15, 0.2) is 10.5 Å². The second-order valence-corrected chi connectivity index (χ2v) is 10.3. The average Bonchev–Trinajstić information content (AvgIpc) is 3.14. The van der Waals surface area contributed by atoms with E-state index in [2.05, 4.69) is 4.99 Å². The minimum absolute atomic E-state index is 0.0743. The zero-order chi connectivity index (χ0) is 27.8. The molecule has 2 heterocycles. The first-order chi connectivity index (χ1) is 17.9. The molecular formula is C26H21Cl2F3N2O4S. The Morgan fingerprint density at radius 2 is 1.82 bits per heavy atom.